The summed E-state index contributed by atoms with van der Waals surface area (Å²) in [7, 11) is 0. The summed E-state index contributed by atoms with van der Waals surface area (Å²) in [5.74, 6) is 0. The average Bonchev–Trinajstić information content (AvgIpc) is 2.75. The maximum atomic E-state index is 5.71. The molecule has 3 nitrogen and oxygen atoms in total. The van der Waals surface area contributed by atoms with E-state index in [1.807, 2.05) is 12.4 Å². The number of aromatic nitrogens is 1. The van der Waals surface area contributed by atoms with Crippen LogP contribution in [0.25, 0.3) is 0 Å². The Morgan fingerprint density at radius 1 is 1.56 bits per heavy atom. The largest absolute Gasteiger partial charge is 0.378 e. The van der Waals surface area contributed by atoms with Crippen molar-refractivity contribution < 1.29 is 4.74 Å². The second kappa shape index (κ2) is 4.60. The summed E-state index contributed by atoms with van der Waals surface area (Å²) >= 11 is 0. The van der Waals surface area contributed by atoms with Gasteiger partial charge < -0.3 is 15.0 Å². The summed E-state index contributed by atoms with van der Waals surface area (Å²) < 4.78 is 5.71. The van der Waals surface area contributed by atoms with Gasteiger partial charge in [0.2, 0.25) is 0 Å². The normalized spacial score (nSPS) is 27.7. The van der Waals surface area contributed by atoms with E-state index in [-0.39, 0.29) is 5.41 Å². The first-order valence-corrected chi connectivity index (χ1v) is 6.11. The predicted molar refractivity (Wildman–Crippen MR) is 65.2 cm³/mol. The van der Waals surface area contributed by atoms with E-state index in [2.05, 4.69) is 37.1 Å². The van der Waals surface area contributed by atoms with Crippen molar-refractivity contribution in [1.29, 1.82) is 0 Å². The minimum atomic E-state index is 0.256. The Balaban J connectivity index is 1.80. The first-order valence-electron chi connectivity index (χ1n) is 6.11. The van der Waals surface area contributed by atoms with Gasteiger partial charge in [0.15, 0.2) is 0 Å². The molecule has 2 unspecified atom stereocenters. The molecule has 0 spiro atoms. The van der Waals surface area contributed by atoms with Gasteiger partial charge in [-0.15, -0.1) is 0 Å². The van der Waals surface area contributed by atoms with E-state index in [1.54, 1.807) is 0 Å². The molecule has 16 heavy (non-hydrogen) atoms. The molecule has 1 fully saturated rings. The van der Waals surface area contributed by atoms with Crippen LogP contribution in [-0.4, -0.2) is 23.7 Å². The van der Waals surface area contributed by atoms with E-state index in [0.29, 0.717) is 12.1 Å². The van der Waals surface area contributed by atoms with Crippen LogP contribution in [0.15, 0.2) is 18.5 Å². The smallest absolute Gasteiger partial charge is 0.0655 e. The molecule has 0 aromatic carbocycles. The lowest BCUT2D eigenvalue weighted by molar-refractivity contribution is -0.114. The van der Waals surface area contributed by atoms with Crippen molar-refractivity contribution >= 4 is 0 Å². The highest BCUT2D eigenvalue weighted by Crippen LogP contribution is 2.42. The van der Waals surface area contributed by atoms with Crippen molar-refractivity contribution in [1.82, 2.24) is 10.3 Å². The van der Waals surface area contributed by atoms with Gasteiger partial charge >= 0.3 is 0 Å². The van der Waals surface area contributed by atoms with Crippen molar-refractivity contribution in [3.05, 3.63) is 24.0 Å². The molecule has 3 heteroatoms. The molecule has 1 saturated carbocycles. The van der Waals surface area contributed by atoms with Gasteiger partial charge in [-0.3, -0.25) is 0 Å². The van der Waals surface area contributed by atoms with E-state index < -0.39 is 0 Å². The lowest BCUT2D eigenvalue weighted by Gasteiger charge is -2.52. The Morgan fingerprint density at radius 3 is 2.94 bits per heavy atom. The van der Waals surface area contributed by atoms with E-state index >= 15 is 0 Å². The number of hydrogen-bond donors (Lipinski definition) is 2. The summed E-state index contributed by atoms with van der Waals surface area (Å²) in [5.41, 5.74) is 1.57. The summed E-state index contributed by atoms with van der Waals surface area (Å²) in [5, 5.41) is 3.60. The van der Waals surface area contributed by atoms with Crippen LogP contribution in [0.3, 0.4) is 0 Å². The second-order valence-electron chi connectivity index (χ2n) is 5.15. The number of rotatable bonds is 5. The zero-order valence-electron chi connectivity index (χ0n) is 10.4. The Bertz CT molecular complexity index is 319. The molecule has 0 aliphatic heterocycles. The van der Waals surface area contributed by atoms with Crippen LogP contribution in [0.4, 0.5) is 0 Å². The molecule has 1 heterocycles. The Kier molecular flexibility index (Phi) is 3.36. The van der Waals surface area contributed by atoms with Crippen molar-refractivity contribution in [2.24, 2.45) is 5.41 Å². The lowest BCUT2D eigenvalue weighted by atomic mass is 9.64. The van der Waals surface area contributed by atoms with Gasteiger partial charge in [0.1, 0.15) is 0 Å². The lowest BCUT2D eigenvalue weighted by Crippen LogP contribution is -2.60. The van der Waals surface area contributed by atoms with E-state index in [9.17, 15) is 0 Å². The minimum Gasteiger partial charge on any atom is -0.378 e. The van der Waals surface area contributed by atoms with E-state index in [4.69, 9.17) is 4.74 Å². The zero-order valence-corrected chi connectivity index (χ0v) is 10.4. The van der Waals surface area contributed by atoms with Crippen molar-refractivity contribution in [3.8, 4) is 0 Å². The molecule has 0 bridgehead atoms. The van der Waals surface area contributed by atoms with Gasteiger partial charge in [-0.05, 0) is 25.0 Å². The highest BCUT2D eigenvalue weighted by molar-refractivity contribution is 5.10. The van der Waals surface area contributed by atoms with Gasteiger partial charge in [0.05, 0.1) is 6.10 Å². The minimum absolute atomic E-state index is 0.256. The number of hydrogen-bond acceptors (Lipinski definition) is 2. The van der Waals surface area contributed by atoms with Crippen molar-refractivity contribution in [3.63, 3.8) is 0 Å². The summed E-state index contributed by atoms with van der Waals surface area (Å²) in [4.78, 5) is 3.07. The Morgan fingerprint density at radius 2 is 2.38 bits per heavy atom. The fraction of sp³-hybridized carbons (Fsp3) is 0.692. The zero-order chi connectivity index (χ0) is 11.6. The van der Waals surface area contributed by atoms with Crippen LogP contribution in [0.2, 0.25) is 0 Å². The summed E-state index contributed by atoms with van der Waals surface area (Å²) in [6, 6.07) is 2.68. The fourth-order valence-corrected chi connectivity index (χ4v) is 2.43. The quantitative estimate of drug-likeness (QED) is 0.802. The molecule has 2 atom stereocenters. The van der Waals surface area contributed by atoms with E-state index in [1.165, 1.54) is 5.56 Å². The molecular weight excluding hydrogens is 200 g/mol. The number of nitrogens with one attached hydrogen (secondary N) is 2. The molecule has 0 saturated heterocycles. The molecule has 2 N–H and O–H groups in total. The molecule has 1 aliphatic carbocycles. The Labute approximate surface area is 97.6 Å². The molecule has 0 amide bonds. The van der Waals surface area contributed by atoms with Crippen LogP contribution < -0.4 is 5.32 Å². The average molecular weight is 222 g/mol. The van der Waals surface area contributed by atoms with Crippen LogP contribution in [0.5, 0.6) is 0 Å². The van der Waals surface area contributed by atoms with Gasteiger partial charge in [-0.2, -0.15) is 0 Å². The third-order valence-corrected chi connectivity index (χ3v) is 3.76. The molecular formula is C13H22N2O. The van der Waals surface area contributed by atoms with Crippen LogP contribution in [0.1, 0.15) is 32.8 Å². The van der Waals surface area contributed by atoms with Crippen molar-refractivity contribution in [2.45, 2.75) is 45.9 Å². The predicted octanol–water partition coefficient (Wildman–Crippen LogP) is 2.31. The van der Waals surface area contributed by atoms with Crippen molar-refractivity contribution in [2.75, 3.05) is 6.61 Å². The topological polar surface area (TPSA) is 37.0 Å². The van der Waals surface area contributed by atoms with Gasteiger partial charge in [-0.25, -0.2) is 0 Å². The van der Waals surface area contributed by atoms with Gasteiger partial charge in [0, 0.05) is 37.0 Å². The Hall–Kier alpha value is -0.800. The standard InChI is InChI=1S/C13H22N2O/c1-4-16-12-7-11(13(12,2)3)15-9-10-5-6-14-8-10/h5-6,8,11-12,14-15H,4,7,9H2,1-3H3. The van der Waals surface area contributed by atoms with Gasteiger partial charge in [0.25, 0.3) is 0 Å². The maximum Gasteiger partial charge on any atom is 0.0655 e. The number of ether oxygens (including phenoxy) is 1. The number of aromatic amines is 1. The molecule has 1 aromatic heterocycles. The van der Waals surface area contributed by atoms with Crippen LogP contribution >= 0.6 is 0 Å². The third kappa shape index (κ3) is 2.15. The summed E-state index contributed by atoms with van der Waals surface area (Å²) in [6.07, 6.45) is 5.55. The first-order chi connectivity index (χ1) is 7.64. The monoisotopic (exact) mass is 222 g/mol. The highest BCUT2D eigenvalue weighted by atomic mass is 16.5. The van der Waals surface area contributed by atoms with Crippen LogP contribution in [0, 0.1) is 5.41 Å². The number of H-pyrrole nitrogens is 1. The third-order valence-electron chi connectivity index (χ3n) is 3.76. The molecule has 1 aliphatic rings. The SMILES string of the molecule is CCOC1CC(NCc2cc[nH]c2)C1(C)C. The highest BCUT2D eigenvalue weighted by Gasteiger charge is 2.48. The van der Waals surface area contributed by atoms with E-state index in [0.717, 1.165) is 19.6 Å². The van der Waals surface area contributed by atoms with Gasteiger partial charge in [-0.1, -0.05) is 13.8 Å². The second-order valence-corrected chi connectivity index (χ2v) is 5.15. The maximum absolute atomic E-state index is 5.71. The molecule has 0 radical (unpaired) electrons. The molecule has 2 rings (SSSR count). The molecule has 90 valence electrons. The summed E-state index contributed by atoms with van der Waals surface area (Å²) in [6.45, 7) is 8.39. The van der Waals surface area contributed by atoms with Crippen LogP contribution in [-0.2, 0) is 11.3 Å². The first kappa shape index (κ1) is 11.7. The fourth-order valence-electron chi connectivity index (χ4n) is 2.43. The molecule has 1 aromatic rings.